The summed E-state index contributed by atoms with van der Waals surface area (Å²) in [5, 5.41) is 0. The third-order valence-electron chi connectivity index (χ3n) is 6.81. The molecule has 0 saturated heterocycles. The molecule has 0 amide bonds. The van der Waals surface area contributed by atoms with Crippen molar-refractivity contribution in [2.75, 3.05) is 6.61 Å². The maximum atomic E-state index is 6.02. The predicted molar refractivity (Wildman–Crippen MR) is 110 cm³/mol. The second kappa shape index (κ2) is 13.0. The number of allylic oxidation sites excluding steroid dienone is 2. The Balaban J connectivity index is 1.49. The topological polar surface area (TPSA) is 9.23 Å². The zero-order valence-electron chi connectivity index (χ0n) is 17.2. The SMILES string of the molecule is C/C=C\CCC[C@H]1CC[C@H](CC[C@H]2CC[C@H](OCCCC)CC2)CC1. The molecule has 2 aliphatic carbocycles. The van der Waals surface area contributed by atoms with E-state index in [9.17, 15) is 0 Å². The number of hydrogen-bond acceptors (Lipinski definition) is 1. The van der Waals surface area contributed by atoms with Crippen LogP contribution >= 0.6 is 0 Å². The van der Waals surface area contributed by atoms with Crippen LogP contribution in [-0.4, -0.2) is 12.7 Å². The highest BCUT2D eigenvalue weighted by Crippen LogP contribution is 2.37. The molecule has 2 rings (SSSR count). The number of hydrogen-bond donors (Lipinski definition) is 0. The highest BCUT2D eigenvalue weighted by atomic mass is 16.5. The molecule has 0 aromatic carbocycles. The van der Waals surface area contributed by atoms with Crippen molar-refractivity contribution in [3.63, 3.8) is 0 Å². The van der Waals surface area contributed by atoms with Crippen LogP contribution in [0.4, 0.5) is 0 Å². The summed E-state index contributed by atoms with van der Waals surface area (Å²) >= 11 is 0. The molecule has 0 aromatic rings. The minimum Gasteiger partial charge on any atom is -0.378 e. The van der Waals surface area contributed by atoms with Gasteiger partial charge in [0.2, 0.25) is 0 Å². The fourth-order valence-corrected chi connectivity index (χ4v) is 4.95. The molecule has 146 valence electrons. The van der Waals surface area contributed by atoms with Gasteiger partial charge in [-0.05, 0) is 69.6 Å². The van der Waals surface area contributed by atoms with E-state index in [0.29, 0.717) is 6.10 Å². The van der Waals surface area contributed by atoms with Crippen molar-refractivity contribution in [2.45, 2.75) is 116 Å². The molecule has 0 bridgehead atoms. The molecule has 0 heterocycles. The maximum Gasteiger partial charge on any atom is 0.0575 e. The van der Waals surface area contributed by atoms with E-state index in [1.165, 1.54) is 96.3 Å². The number of ether oxygens (including phenoxy) is 1. The van der Waals surface area contributed by atoms with E-state index in [2.05, 4.69) is 26.0 Å². The fraction of sp³-hybridized carbons (Fsp3) is 0.917. The first-order valence-corrected chi connectivity index (χ1v) is 11.5. The summed E-state index contributed by atoms with van der Waals surface area (Å²) < 4.78 is 6.02. The molecule has 0 aliphatic heterocycles. The van der Waals surface area contributed by atoms with E-state index in [-0.39, 0.29) is 0 Å². The van der Waals surface area contributed by atoms with Gasteiger partial charge >= 0.3 is 0 Å². The smallest absolute Gasteiger partial charge is 0.0575 e. The van der Waals surface area contributed by atoms with Crippen LogP contribution in [0.2, 0.25) is 0 Å². The second-order valence-electron chi connectivity index (χ2n) is 8.83. The van der Waals surface area contributed by atoms with E-state index < -0.39 is 0 Å². The summed E-state index contributed by atoms with van der Waals surface area (Å²) in [6.45, 7) is 5.37. The van der Waals surface area contributed by atoms with Crippen molar-refractivity contribution < 1.29 is 4.74 Å². The number of unbranched alkanes of at least 4 members (excludes halogenated alkanes) is 2. The maximum absolute atomic E-state index is 6.02. The molecule has 0 radical (unpaired) electrons. The third-order valence-corrected chi connectivity index (χ3v) is 6.81. The van der Waals surface area contributed by atoms with E-state index in [4.69, 9.17) is 4.74 Å². The average Bonchev–Trinajstić information content (AvgIpc) is 2.66. The van der Waals surface area contributed by atoms with Crippen molar-refractivity contribution >= 4 is 0 Å². The first-order chi connectivity index (χ1) is 12.3. The molecular weight excluding hydrogens is 304 g/mol. The zero-order chi connectivity index (χ0) is 17.7. The normalized spacial score (nSPS) is 30.8. The molecule has 0 spiro atoms. The summed E-state index contributed by atoms with van der Waals surface area (Å²) in [5.74, 6) is 3.09. The lowest BCUT2D eigenvalue weighted by Gasteiger charge is -2.32. The van der Waals surface area contributed by atoms with E-state index >= 15 is 0 Å². The van der Waals surface area contributed by atoms with Gasteiger partial charge < -0.3 is 4.74 Å². The standard InChI is InChI=1S/C24H44O/c1-3-5-7-8-9-21-10-12-22(13-11-21)14-15-23-16-18-24(19-17-23)25-20-6-4-2/h3,5,21-24H,4,6-20H2,1-2H3/b5-3-/t21-,22-,23-,24-. The van der Waals surface area contributed by atoms with Crippen molar-refractivity contribution in [2.24, 2.45) is 17.8 Å². The Morgan fingerprint density at radius 3 is 1.88 bits per heavy atom. The molecule has 25 heavy (non-hydrogen) atoms. The van der Waals surface area contributed by atoms with Gasteiger partial charge in [0.15, 0.2) is 0 Å². The van der Waals surface area contributed by atoms with Crippen LogP contribution in [0, 0.1) is 17.8 Å². The van der Waals surface area contributed by atoms with Gasteiger partial charge in [-0.2, -0.15) is 0 Å². The van der Waals surface area contributed by atoms with E-state index in [0.717, 1.165) is 24.4 Å². The minimum absolute atomic E-state index is 0.584. The molecule has 0 aromatic heterocycles. The van der Waals surface area contributed by atoms with Crippen LogP contribution in [0.5, 0.6) is 0 Å². The van der Waals surface area contributed by atoms with Crippen LogP contribution in [0.3, 0.4) is 0 Å². The highest BCUT2D eigenvalue weighted by Gasteiger charge is 2.24. The Hall–Kier alpha value is -0.300. The average molecular weight is 349 g/mol. The molecule has 2 saturated carbocycles. The van der Waals surface area contributed by atoms with Crippen LogP contribution in [0.25, 0.3) is 0 Å². The lowest BCUT2D eigenvalue weighted by Crippen LogP contribution is -2.23. The fourth-order valence-electron chi connectivity index (χ4n) is 4.95. The summed E-state index contributed by atoms with van der Waals surface area (Å²) in [5.41, 5.74) is 0. The van der Waals surface area contributed by atoms with E-state index in [1.807, 2.05) is 0 Å². The van der Waals surface area contributed by atoms with Crippen molar-refractivity contribution in [3.8, 4) is 0 Å². The van der Waals surface area contributed by atoms with Crippen LogP contribution in [0.15, 0.2) is 12.2 Å². The molecule has 0 unspecified atom stereocenters. The summed E-state index contributed by atoms with van der Waals surface area (Å²) in [4.78, 5) is 0. The van der Waals surface area contributed by atoms with Gasteiger partial charge in [-0.1, -0.05) is 70.4 Å². The van der Waals surface area contributed by atoms with Gasteiger partial charge in [0, 0.05) is 6.61 Å². The monoisotopic (exact) mass is 348 g/mol. The lowest BCUT2D eigenvalue weighted by molar-refractivity contribution is 0.0150. The molecule has 0 atom stereocenters. The van der Waals surface area contributed by atoms with Gasteiger partial charge in [0.25, 0.3) is 0 Å². The quantitative estimate of drug-likeness (QED) is 0.274. The second-order valence-corrected chi connectivity index (χ2v) is 8.83. The first kappa shape index (κ1) is 21.0. The number of rotatable bonds is 11. The Morgan fingerprint density at radius 2 is 1.32 bits per heavy atom. The van der Waals surface area contributed by atoms with E-state index in [1.54, 1.807) is 0 Å². The van der Waals surface area contributed by atoms with Crippen molar-refractivity contribution in [1.29, 1.82) is 0 Å². The van der Waals surface area contributed by atoms with Crippen LogP contribution < -0.4 is 0 Å². The van der Waals surface area contributed by atoms with Crippen molar-refractivity contribution in [1.82, 2.24) is 0 Å². The highest BCUT2D eigenvalue weighted by molar-refractivity contribution is 4.79. The first-order valence-electron chi connectivity index (χ1n) is 11.5. The van der Waals surface area contributed by atoms with Crippen LogP contribution in [-0.2, 0) is 4.74 Å². The van der Waals surface area contributed by atoms with Gasteiger partial charge in [0.1, 0.15) is 0 Å². The Bertz CT molecular complexity index is 332. The Kier molecular flexibility index (Phi) is 10.9. The zero-order valence-corrected chi connectivity index (χ0v) is 17.2. The molecule has 2 fully saturated rings. The van der Waals surface area contributed by atoms with Gasteiger partial charge in [-0.15, -0.1) is 0 Å². The van der Waals surface area contributed by atoms with Crippen LogP contribution in [0.1, 0.15) is 110 Å². The molecule has 1 nitrogen and oxygen atoms in total. The molecule has 0 N–H and O–H groups in total. The summed E-state index contributed by atoms with van der Waals surface area (Å²) in [6.07, 6.45) is 26.3. The summed E-state index contributed by atoms with van der Waals surface area (Å²) in [6, 6.07) is 0. The molecule has 1 heteroatoms. The molecular formula is C24H44O. The van der Waals surface area contributed by atoms with Gasteiger partial charge in [-0.25, -0.2) is 0 Å². The third kappa shape index (κ3) is 8.76. The largest absolute Gasteiger partial charge is 0.378 e. The predicted octanol–water partition coefficient (Wildman–Crippen LogP) is 7.69. The van der Waals surface area contributed by atoms with Gasteiger partial charge in [-0.3, -0.25) is 0 Å². The summed E-state index contributed by atoms with van der Waals surface area (Å²) in [7, 11) is 0. The lowest BCUT2D eigenvalue weighted by atomic mass is 9.76. The minimum atomic E-state index is 0.584. The molecule has 2 aliphatic rings. The van der Waals surface area contributed by atoms with Crippen molar-refractivity contribution in [3.05, 3.63) is 12.2 Å². The van der Waals surface area contributed by atoms with Gasteiger partial charge in [0.05, 0.1) is 6.10 Å². The Labute approximate surface area is 158 Å². The Morgan fingerprint density at radius 1 is 0.760 bits per heavy atom.